The van der Waals surface area contributed by atoms with Crippen LogP contribution in [0.5, 0.6) is 0 Å². The van der Waals surface area contributed by atoms with Crippen LogP contribution in [0.25, 0.3) is 0 Å². The van der Waals surface area contributed by atoms with Gasteiger partial charge >= 0.3 is 5.97 Å². The number of furan rings is 1. The lowest BCUT2D eigenvalue weighted by Crippen LogP contribution is -1.94. The number of rotatable bonds is 2. The molecule has 0 saturated carbocycles. The Morgan fingerprint density at radius 2 is 2.40 bits per heavy atom. The van der Waals surface area contributed by atoms with Gasteiger partial charge < -0.3 is 9.52 Å². The van der Waals surface area contributed by atoms with Crippen LogP contribution in [-0.2, 0) is 9.59 Å². The number of amides is 1. The van der Waals surface area contributed by atoms with Gasteiger partial charge in [0.1, 0.15) is 5.04 Å². The van der Waals surface area contributed by atoms with E-state index in [1.54, 1.807) is 12.1 Å². The number of thioether (sulfide) groups is 1. The molecule has 2 heterocycles. The molecule has 1 amide bonds. The van der Waals surface area contributed by atoms with Crippen LogP contribution >= 0.6 is 11.8 Å². The van der Waals surface area contributed by atoms with Crippen LogP contribution in [0.15, 0.2) is 38.8 Å². The quantitative estimate of drug-likeness (QED) is 0.763. The Hall–Kier alpha value is -1.82. The van der Waals surface area contributed by atoms with E-state index in [0.717, 1.165) is 17.8 Å². The third-order valence-corrected chi connectivity index (χ3v) is 2.61. The summed E-state index contributed by atoms with van der Waals surface area (Å²) in [6, 6.07) is 3.32. The predicted octanol–water partition coefficient (Wildman–Crippen LogP) is 1.27. The van der Waals surface area contributed by atoms with Gasteiger partial charge in [-0.3, -0.25) is 4.79 Å². The smallest absolute Gasteiger partial charge is 0.329 e. The zero-order chi connectivity index (χ0) is 10.8. The first-order valence-corrected chi connectivity index (χ1v) is 4.78. The van der Waals surface area contributed by atoms with Crippen molar-refractivity contribution >= 4 is 28.7 Å². The summed E-state index contributed by atoms with van der Waals surface area (Å²) in [6.07, 6.45) is 2.30. The summed E-state index contributed by atoms with van der Waals surface area (Å²) in [6.45, 7) is 0. The lowest BCUT2D eigenvalue weighted by Gasteiger charge is -1.91. The van der Waals surface area contributed by atoms with E-state index < -0.39 is 11.9 Å². The number of carboxylic acids is 1. The SMILES string of the molecule is O=C(O)/C=C1/SC(c2ccco2)=NC1=O. The highest BCUT2D eigenvalue weighted by Crippen LogP contribution is 2.29. The molecule has 0 unspecified atom stereocenters. The van der Waals surface area contributed by atoms with E-state index in [1.165, 1.54) is 6.26 Å². The zero-order valence-corrected chi connectivity index (χ0v) is 8.15. The molecule has 1 aromatic rings. The fourth-order valence-corrected chi connectivity index (χ4v) is 1.87. The molecule has 1 aromatic heterocycles. The Balaban J connectivity index is 2.25. The highest BCUT2D eigenvalue weighted by molar-refractivity contribution is 8.19. The topological polar surface area (TPSA) is 79.9 Å². The Bertz CT molecular complexity index is 472. The van der Waals surface area contributed by atoms with E-state index in [9.17, 15) is 9.59 Å². The fourth-order valence-electron chi connectivity index (χ4n) is 1.03. The van der Waals surface area contributed by atoms with E-state index >= 15 is 0 Å². The minimum atomic E-state index is -1.17. The summed E-state index contributed by atoms with van der Waals surface area (Å²) in [5, 5.41) is 8.88. The largest absolute Gasteiger partial charge is 0.478 e. The Morgan fingerprint density at radius 1 is 1.60 bits per heavy atom. The Kier molecular flexibility index (Phi) is 2.42. The molecule has 0 fully saturated rings. The summed E-state index contributed by atoms with van der Waals surface area (Å²) in [4.78, 5) is 25.4. The minimum absolute atomic E-state index is 0.0916. The van der Waals surface area contributed by atoms with Gasteiger partial charge in [-0.2, -0.15) is 4.99 Å². The number of carbonyl (C=O) groups excluding carboxylic acids is 1. The van der Waals surface area contributed by atoms with Crippen LogP contribution in [0.3, 0.4) is 0 Å². The molecule has 0 aliphatic carbocycles. The second-order valence-corrected chi connectivity index (χ2v) is 3.68. The Morgan fingerprint density at radius 3 is 3.00 bits per heavy atom. The number of hydrogen-bond donors (Lipinski definition) is 1. The lowest BCUT2D eigenvalue weighted by atomic mass is 10.4. The highest BCUT2D eigenvalue weighted by atomic mass is 32.2. The molecule has 0 bridgehead atoms. The first-order valence-electron chi connectivity index (χ1n) is 3.96. The van der Waals surface area contributed by atoms with Crippen LogP contribution in [0, 0.1) is 0 Å². The van der Waals surface area contributed by atoms with Crippen molar-refractivity contribution in [3.8, 4) is 0 Å². The van der Waals surface area contributed by atoms with E-state index in [0.29, 0.717) is 10.8 Å². The molecule has 1 N–H and O–H groups in total. The average molecular weight is 223 g/mol. The van der Waals surface area contributed by atoms with Crippen LogP contribution in [-0.4, -0.2) is 22.0 Å². The minimum Gasteiger partial charge on any atom is -0.478 e. The fraction of sp³-hybridized carbons (Fsp3) is 0. The number of carbonyl (C=O) groups is 2. The van der Waals surface area contributed by atoms with Gasteiger partial charge in [0.15, 0.2) is 5.76 Å². The van der Waals surface area contributed by atoms with Gasteiger partial charge in [0.2, 0.25) is 0 Å². The second-order valence-electron chi connectivity index (χ2n) is 2.65. The summed E-state index contributed by atoms with van der Waals surface area (Å²) in [7, 11) is 0. The number of aliphatic imine (C=N–C) groups is 1. The maximum atomic E-state index is 11.2. The van der Waals surface area contributed by atoms with Crippen LogP contribution in [0.4, 0.5) is 0 Å². The second kappa shape index (κ2) is 3.74. The molecule has 5 nitrogen and oxygen atoms in total. The van der Waals surface area contributed by atoms with Gasteiger partial charge in [-0.1, -0.05) is 11.8 Å². The number of aliphatic carboxylic acids is 1. The van der Waals surface area contributed by atoms with Gasteiger partial charge in [0.05, 0.1) is 11.2 Å². The van der Waals surface area contributed by atoms with Gasteiger partial charge in [0, 0.05) is 6.08 Å². The summed E-state index contributed by atoms with van der Waals surface area (Å²) in [5.74, 6) is -1.25. The maximum Gasteiger partial charge on any atom is 0.329 e. The van der Waals surface area contributed by atoms with Gasteiger partial charge in [-0.05, 0) is 12.1 Å². The molecule has 0 aromatic carbocycles. The maximum absolute atomic E-state index is 11.2. The molecule has 0 saturated heterocycles. The molecule has 0 atom stereocenters. The van der Waals surface area contributed by atoms with Gasteiger partial charge in [0.25, 0.3) is 5.91 Å². The lowest BCUT2D eigenvalue weighted by molar-refractivity contribution is -0.131. The first kappa shape index (κ1) is 9.72. The summed E-state index contributed by atoms with van der Waals surface area (Å²) in [5.41, 5.74) is 0. The van der Waals surface area contributed by atoms with Crippen molar-refractivity contribution in [1.82, 2.24) is 0 Å². The molecular weight excluding hydrogens is 218 g/mol. The van der Waals surface area contributed by atoms with Gasteiger partial charge in [-0.25, -0.2) is 4.79 Å². The van der Waals surface area contributed by atoms with Crippen molar-refractivity contribution < 1.29 is 19.1 Å². The first-order chi connectivity index (χ1) is 7.16. The number of hydrogen-bond acceptors (Lipinski definition) is 4. The van der Waals surface area contributed by atoms with Crippen molar-refractivity contribution in [3.63, 3.8) is 0 Å². The molecule has 15 heavy (non-hydrogen) atoms. The van der Waals surface area contributed by atoms with E-state index in [1.807, 2.05) is 0 Å². The zero-order valence-electron chi connectivity index (χ0n) is 7.34. The normalized spacial score (nSPS) is 18.3. The number of carboxylic acid groups (broad SMARTS) is 1. The van der Waals surface area contributed by atoms with Crippen LogP contribution in [0.1, 0.15) is 5.76 Å². The van der Waals surface area contributed by atoms with E-state index in [-0.39, 0.29) is 4.91 Å². The monoisotopic (exact) mass is 223 g/mol. The summed E-state index contributed by atoms with van der Waals surface area (Å²) >= 11 is 0.992. The highest BCUT2D eigenvalue weighted by Gasteiger charge is 2.25. The molecule has 1 aliphatic heterocycles. The predicted molar refractivity (Wildman–Crippen MR) is 53.6 cm³/mol. The summed E-state index contributed by atoms with van der Waals surface area (Å²) < 4.78 is 5.04. The number of nitrogens with zero attached hydrogens (tertiary/aromatic N) is 1. The van der Waals surface area contributed by atoms with Crippen molar-refractivity contribution in [3.05, 3.63) is 35.1 Å². The van der Waals surface area contributed by atoms with Crippen molar-refractivity contribution in [2.24, 2.45) is 4.99 Å². The van der Waals surface area contributed by atoms with Crippen molar-refractivity contribution in [1.29, 1.82) is 0 Å². The third-order valence-electron chi connectivity index (χ3n) is 1.61. The molecule has 1 aliphatic rings. The van der Waals surface area contributed by atoms with E-state index in [2.05, 4.69) is 4.99 Å². The molecule has 2 rings (SSSR count). The molecule has 0 radical (unpaired) electrons. The van der Waals surface area contributed by atoms with Crippen LogP contribution < -0.4 is 0 Å². The Labute approximate surface area is 88.5 Å². The van der Waals surface area contributed by atoms with Gasteiger partial charge in [-0.15, -0.1) is 0 Å². The molecule has 76 valence electrons. The van der Waals surface area contributed by atoms with Crippen LogP contribution in [0.2, 0.25) is 0 Å². The molecule has 0 spiro atoms. The average Bonchev–Trinajstić information content (AvgIpc) is 2.75. The third kappa shape index (κ3) is 1.99. The standard InChI is InChI=1S/C9H5NO4S/c11-7(12)4-6-8(13)10-9(15-6)5-2-1-3-14-5/h1-4H,(H,11,12)/b6-4+. The van der Waals surface area contributed by atoms with Crippen molar-refractivity contribution in [2.75, 3.05) is 0 Å². The van der Waals surface area contributed by atoms with E-state index in [4.69, 9.17) is 9.52 Å². The molecule has 6 heteroatoms. The molecular formula is C9H5NO4S. The van der Waals surface area contributed by atoms with Crippen molar-refractivity contribution in [2.45, 2.75) is 0 Å².